The molecule has 2 aliphatic rings. The number of β-amino-alcohol motifs (C(OH)–C–C–N with tert-alkyl or cyclic N) is 1. The molecular formula is C10H20N2O3. The van der Waals surface area contributed by atoms with E-state index in [1.54, 1.807) is 0 Å². The minimum absolute atomic E-state index is 0.0127. The first kappa shape index (κ1) is 11.3. The predicted octanol–water partition coefficient (Wildman–Crippen LogP) is -1.82. The van der Waals surface area contributed by atoms with Gasteiger partial charge in [0.1, 0.15) is 5.60 Å². The van der Waals surface area contributed by atoms with Gasteiger partial charge in [-0.05, 0) is 19.8 Å². The first-order valence-electron chi connectivity index (χ1n) is 5.56. The first-order chi connectivity index (χ1) is 7.01. The van der Waals surface area contributed by atoms with Crippen LogP contribution in [0.3, 0.4) is 0 Å². The van der Waals surface area contributed by atoms with Crippen LogP contribution in [0.15, 0.2) is 0 Å². The maximum absolute atomic E-state index is 10.0. The predicted molar refractivity (Wildman–Crippen MR) is 55.5 cm³/mol. The summed E-state index contributed by atoms with van der Waals surface area (Å²) in [4.78, 5) is 0. The van der Waals surface area contributed by atoms with Crippen molar-refractivity contribution in [3.05, 3.63) is 0 Å². The van der Waals surface area contributed by atoms with E-state index in [1.165, 1.54) is 0 Å². The molecule has 88 valence electrons. The molecule has 0 amide bonds. The molecule has 1 unspecified atom stereocenters. The zero-order valence-corrected chi connectivity index (χ0v) is 8.98. The van der Waals surface area contributed by atoms with Gasteiger partial charge in [-0.1, -0.05) is 0 Å². The summed E-state index contributed by atoms with van der Waals surface area (Å²) in [7, 11) is 0. The molecule has 1 saturated carbocycles. The van der Waals surface area contributed by atoms with Gasteiger partial charge in [0.05, 0.1) is 12.2 Å². The Bertz CT molecular complexity index is 223. The second-order valence-electron chi connectivity index (χ2n) is 4.90. The molecule has 2 rings (SSSR count). The van der Waals surface area contributed by atoms with E-state index in [0.717, 1.165) is 0 Å². The molecule has 1 saturated heterocycles. The van der Waals surface area contributed by atoms with Gasteiger partial charge in [-0.3, -0.25) is 0 Å². The Labute approximate surface area is 89.5 Å². The van der Waals surface area contributed by atoms with Crippen molar-refractivity contribution in [2.24, 2.45) is 0 Å². The minimum Gasteiger partial charge on any atom is -0.390 e. The fourth-order valence-electron chi connectivity index (χ4n) is 2.33. The highest BCUT2D eigenvalue weighted by Gasteiger charge is 2.42. The van der Waals surface area contributed by atoms with Gasteiger partial charge < -0.3 is 26.0 Å². The summed E-state index contributed by atoms with van der Waals surface area (Å²) < 4.78 is 0. The lowest BCUT2D eigenvalue weighted by molar-refractivity contribution is -0.0408. The second-order valence-corrected chi connectivity index (χ2v) is 4.90. The number of nitrogens with one attached hydrogen (secondary N) is 2. The van der Waals surface area contributed by atoms with E-state index >= 15 is 0 Å². The van der Waals surface area contributed by atoms with E-state index in [9.17, 15) is 15.3 Å². The Morgan fingerprint density at radius 1 is 1.27 bits per heavy atom. The Morgan fingerprint density at radius 2 is 1.80 bits per heavy atom. The normalized spacial score (nSPS) is 41.2. The monoisotopic (exact) mass is 216 g/mol. The van der Waals surface area contributed by atoms with Crippen molar-refractivity contribution < 1.29 is 15.3 Å². The van der Waals surface area contributed by atoms with Gasteiger partial charge in [0.2, 0.25) is 0 Å². The molecule has 15 heavy (non-hydrogen) atoms. The molecule has 1 aliphatic heterocycles. The van der Waals surface area contributed by atoms with Crippen molar-refractivity contribution in [2.75, 3.05) is 13.1 Å². The van der Waals surface area contributed by atoms with Gasteiger partial charge in [-0.25, -0.2) is 0 Å². The number of aliphatic hydroxyl groups excluding tert-OH is 2. The van der Waals surface area contributed by atoms with Crippen LogP contribution in [0, 0.1) is 0 Å². The van der Waals surface area contributed by atoms with Crippen molar-refractivity contribution in [2.45, 2.75) is 49.7 Å². The summed E-state index contributed by atoms with van der Waals surface area (Å²) in [5.41, 5.74) is -0.668. The SMILES string of the molecule is C[C@H](NC1C[C@@H](O)[C@@H](O)C1)C1(O)CNC1. The first-order valence-corrected chi connectivity index (χ1v) is 5.56. The van der Waals surface area contributed by atoms with Crippen molar-refractivity contribution in [1.82, 2.24) is 10.6 Å². The zero-order chi connectivity index (χ0) is 11.1. The zero-order valence-electron chi connectivity index (χ0n) is 8.98. The summed E-state index contributed by atoms with van der Waals surface area (Å²) >= 11 is 0. The molecule has 5 N–H and O–H groups in total. The van der Waals surface area contributed by atoms with Crippen LogP contribution in [0.2, 0.25) is 0 Å². The van der Waals surface area contributed by atoms with Gasteiger partial charge in [0, 0.05) is 25.2 Å². The minimum atomic E-state index is -0.668. The van der Waals surface area contributed by atoms with Crippen molar-refractivity contribution in [1.29, 1.82) is 0 Å². The summed E-state index contributed by atoms with van der Waals surface area (Å²) in [5, 5.41) is 35.1. The van der Waals surface area contributed by atoms with Crippen LogP contribution < -0.4 is 10.6 Å². The smallest absolute Gasteiger partial charge is 0.104 e. The molecule has 5 heteroatoms. The van der Waals surface area contributed by atoms with Crippen LogP contribution in [-0.4, -0.2) is 58.3 Å². The highest BCUT2D eigenvalue weighted by atomic mass is 16.3. The third-order valence-electron chi connectivity index (χ3n) is 3.65. The number of hydrogen-bond donors (Lipinski definition) is 5. The largest absolute Gasteiger partial charge is 0.390 e. The summed E-state index contributed by atoms with van der Waals surface area (Å²) in [6.45, 7) is 3.16. The summed E-state index contributed by atoms with van der Waals surface area (Å²) in [5.74, 6) is 0. The third kappa shape index (κ3) is 2.16. The molecule has 4 atom stereocenters. The fourth-order valence-corrected chi connectivity index (χ4v) is 2.33. The van der Waals surface area contributed by atoms with Crippen LogP contribution in [0.25, 0.3) is 0 Å². The molecule has 2 fully saturated rings. The lowest BCUT2D eigenvalue weighted by Crippen LogP contribution is -2.69. The molecule has 5 nitrogen and oxygen atoms in total. The Balaban J connectivity index is 1.82. The van der Waals surface area contributed by atoms with Crippen LogP contribution in [0.4, 0.5) is 0 Å². The summed E-state index contributed by atoms with van der Waals surface area (Å²) in [6, 6.07) is 0.0934. The van der Waals surface area contributed by atoms with E-state index in [4.69, 9.17) is 0 Å². The van der Waals surface area contributed by atoms with Crippen molar-refractivity contribution >= 4 is 0 Å². The van der Waals surface area contributed by atoms with E-state index in [0.29, 0.717) is 25.9 Å². The Kier molecular flexibility index (Phi) is 3.00. The number of hydrogen-bond acceptors (Lipinski definition) is 5. The average molecular weight is 216 g/mol. The molecule has 0 radical (unpaired) electrons. The Hall–Kier alpha value is -0.200. The van der Waals surface area contributed by atoms with E-state index < -0.39 is 17.8 Å². The van der Waals surface area contributed by atoms with Crippen molar-refractivity contribution in [3.8, 4) is 0 Å². The van der Waals surface area contributed by atoms with Gasteiger partial charge in [-0.2, -0.15) is 0 Å². The quantitative estimate of drug-likeness (QED) is 0.384. The molecular weight excluding hydrogens is 196 g/mol. The lowest BCUT2D eigenvalue weighted by Gasteiger charge is -2.43. The van der Waals surface area contributed by atoms with Gasteiger partial charge in [0.15, 0.2) is 0 Å². The topological polar surface area (TPSA) is 84.8 Å². The van der Waals surface area contributed by atoms with E-state index in [1.807, 2.05) is 6.92 Å². The van der Waals surface area contributed by atoms with E-state index in [2.05, 4.69) is 10.6 Å². The highest BCUT2D eigenvalue weighted by Crippen LogP contribution is 2.23. The lowest BCUT2D eigenvalue weighted by atomic mass is 9.88. The number of aliphatic hydroxyl groups is 3. The van der Waals surface area contributed by atoms with Gasteiger partial charge >= 0.3 is 0 Å². The van der Waals surface area contributed by atoms with Crippen LogP contribution in [-0.2, 0) is 0 Å². The molecule has 1 heterocycles. The van der Waals surface area contributed by atoms with Crippen molar-refractivity contribution in [3.63, 3.8) is 0 Å². The average Bonchev–Trinajstić information content (AvgIpc) is 2.41. The van der Waals surface area contributed by atoms with Crippen LogP contribution in [0.5, 0.6) is 0 Å². The maximum Gasteiger partial charge on any atom is 0.104 e. The number of rotatable bonds is 3. The second kappa shape index (κ2) is 3.99. The molecule has 0 aromatic carbocycles. The third-order valence-corrected chi connectivity index (χ3v) is 3.65. The van der Waals surface area contributed by atoms with E-state index in [-0.39, 0.29) is 12.1 Å². The molecule has 1 aliphatic carbocycles. The van der Waals surface area contributed by atoms with Crippen LogP contribution in [0.1, 0.15) is 19.8 Å². The van der Waals surface area contributed by atoms with Crippen LogP contribution >= 0.6 is 0 Å². The Morgan fingerprint density at radius 3 is 2.20 bits per heavy atom. The van der Waals surface area contributed by atoms with Gasteiger partial charge in [-0.15, -0.1) is 0 Å². The van der Waals surface area contributed by atoms with Gasteiger partial charge in [0.25, 0.3) is 0 Å². The maximum atomic E-state index is 10.0. The highest BCUT2D eigenvalue weighted by molar-refractivity contribution is 5.02. The molecule has 0 aromatic rings. The standard InChI is InChI=1S/C10H20N2O3/c1-6(10(15)4-11-5-10)12-7-2-8(13)9(14)3-7/h6-9,11-15H,2-5H2,1H3/t6-,7?,8-,9+/m0/s1. The fraction of sp³-hybridized carbons (Fsp3) is 1.00. The molecule has 0 aromatic heterocycles. The molecule has 0 spiro atoms. The molecule has 0 bridgehead atoms. The summed E-state index contributed by atoms with van der Waals surface area (Å²) in [6.07, 6.45) is -0.114.